The van der Waals surface area contributed by atoms with E-state index in [0.717, 1.165) is 17.7 Å². The summed E-state index contributed by atoms with van der Waals surface area (Å²) in [6.07, 6.45) is 4.63. The quantitative estimate of drug-likeness (QED) is 0.757. The van der Waals surface area contributed by atoms with Crippen LogP contribution < -0.4 is 5.32 Å². The molecule has 0 aliphatic rings. The third kappa shape index (κ3) is 5.39. The Kier molecular flexibility index (Phi) is 7.87. The van der Waals surface area contributed by atoms with Crippen LogP contribution in [0.3, 0.4) is 0 Å². The summed E-state index contributed by atoms with van der Waals surface area (Å²) < 4.78 is 0.120. The molecule has 5 heteroatoms. The lowest BCUT2D eigenvalue weighted by atomic mass is 10.0. The molecule has 0 bridgehead atoms. The van der Waals surface area contributed by atoms with Crippen LogP contribution in [0, 0.1) is 11.8 Å². The minimum absolute atomic E-state index is 0.0400. The minimum Gasteiger partial charge on any atom is -0.395 e. The van der Waals surface area contributed by atoms with E-state index < -0.39 is 0 Å². The van der Waals surface area contributed by atoms with Gasteiger partial charge in [0.1, 0.15) is 0 Å². The molecule has 0 atom stereocenters. The average Bonchev–Trinajstić information content (AvgIpc) is 2.98. The molecule has 3 nitrogen and oxygen atoms in total. The maximum absolute atomic E-state index is 12.2. The number of hydrogen-bond donors (Lipinski definition) is 2. The molecular weight excluding hydrogens is 302 g/mol. The molecule has 1 aromatic rings. The van der Waals surface area contributed by atoms with Crippen LogP contribution in [0.5, 0.6) is 0 Å². The molecule has 0 radical (unpaired) electrons. The van der Waals surface area contributed by atoms with Crippen molar-refractivity contribution >= 4 is 29.0 Å². The summed E-state index contributed by atoms with van der Waals surface area (Å²) in [4.78, 5) is 13.0. The molecule has 1 rings (SSSR count). The van der Waals surface area contributed by atoms with Crippen LogP contribution in [0.2, 0.25) is 0 Å². The Morgan fingerprint density at radius 2 is 2.19 bits per heavy atom. The van der Waals surface area contributed by atoms with Gasteiger partial charge in [-0.05, 0) is 25.2 Å². The molecule has 0 fully saturated rings. The molecule has 0 aliphatic carbocycles. The molecular formula is C16H23NO2S2. The van der Waals surface area contributed by atoms with E-state index in [0.29, 0.717) is 18.5 Å². The molecule has 0 aliphatic heterocycles. The van der Waals surface area contributed by atoms with Crippen molar-refractivity contribution in [2.75, 3.05) is 19.4 Å². The average molecular weight is 325 g/mol. The summed E-state index contributed by atoms with van der Waals surface area (Å²) in [5, 5.41) is 13.6. The van der Waals surface area contributed by atoms with E-state index in [2.05, 4.69) is 37.3 Å². The molecule has 21 heavy (non-hydrogen) atoms. The Hall–Kier alpha value is -0.960. The number of carbonyl (C=O) groups is 1. The predicted molar refractivity (Wildman–Crippen MR) is 92.1 cm³/mol. The first kappa shape index (κ1) is 18.1. The van der Waals surface area contributed by atoms with Crippen LogP contribution in [-0.4, -0.2) is 35.2 Å². The van der Waals surface area contributed by atoms with Crippen LogP contribution >= 0.6 is 23.1 Å². The van der Waals surface area contributed by atoms with Crippen molar-refractivity contribution in [2.24, 2.45) is 0 Å². The SMILES string of the molecule is CCC(CC)(CNC(=O)c1csc(C#CCCO)c1)SC. The number of hydrogen-bond acceptors (Lipinski definition) is 4. The second kappa shape index (κ2) is 9.14. The summed E-state index contributed by atoms with van der Waals surface area (Å²) >= 11 is 3.27. The zero-order valence-electron chi connectivity index (χ0n) is 12.9. The molecule has 1 aromatic heterocycles. The molecule has 1 heterocycles. The van der Waals surface area contributed by atoms with Gasteiger partial charge in [-0.25, -0.2) is 0 Å². The van der Waals surface area contributed by atoms with E-state index in [1.165, 1.54) is 11.3 Å². The van der Waals surface area contributed by atoms with Gasteiger partial charge in [0.2, 0.25) is 0 Å². The van der Waals surface area contributed by atoms with Crippen molar-refractivity contribution in [2.45, 2.75) is 37.9 Å². The molecule has 2 N–H and O–H groups in total. The van der Waals surface area contributed by atoms with Crippen LogP contribution in [-0.2, 0) is 0 Å². The number of thioether (sulfide) groups is 1. The number of aliphatic hydroxyl groups excluding tert-OH is 1. The van der Waals surface area contributed by atoms with E-state index >= 15 is 0 Å². The van der Waals surface area contributed by atoms with Crippen molar-refractivity contribution < 1.29 is 9.90 Å². The first-order valence-electron chi connectivity index (χ1n) is 7.12. The summed E-state index contributed by atoms with van der Waals surface area (Å²) in [5.74, 6) is 5.77. The first-order valence-corrected chi connectivity index (χ1v) is 9.22. The van der Waals surface area contributed by atoms with Gasteiger partial charge in [0.15, 0.2) is 0 Å². The highest BCUT2D eigenvalue weighted by Gasteiger charge is 2.25. The van der Waals surface area contributed by atoms with Crippen LogP contribution in [0.4, 0.5) is 0 Å². The molecule has 0 saturated carbocycles. The Balaban J connectivity index is 2.63. The standard InChI is InChI=1S/C16H23NO2S2/c1-4-16(5-2,20-3)12-17-15(19)13-10-14(21-11-13)8-6-7-9-18/h10-11,18H,4-5,7,9,12H2,1-3H3,(H,17,19). The fourth-order valence-electron chi connectivity index (χ4n) is 1.93. The molecule has 0 spiro atoms. The topological polar surface area (TPSA) is 49.3 Å². The van der Waals surface area contributed by atoms with Crippen molar-refractivity contribution in [3.05, 3.63) is 21.9 Å². The van der Waals surface area contributed by atoms with Gasteiger partial charge in [-0.1, -0.05) is 25.7 Å². The summed E-state index contributed by atoms with van der Waals surface area (Å²) in [7, 11) is 0. The van der Waals surface area contributed by atoms with E-state index in [1.807, 2.05) is 23.2 Å². The first-order chi connectivity index (χ1) is 10.1. The van der Waals surface area contributed by atoms with Gasteiger partial charge in [0.05, 0.1) is 17.0 Å². The highest BCUT2D eigenvalue weighted by molar-refractivity contribution is 8.00. The third-order valence-electron chi connectivity index (χ3n) is 3.60. The number of carbonyl (C=O) groups excluding carboxylic acids is 1. The maximum Gasteiger partial charge on any atom is 0.252 e. The molecule has 0 aromatic carbocycles. The fourth-order valence-corrected chi connectivity index (χ4v) is 3.48. The van der Waals surface area contributed by atoms with Crippen LogP contribution in [0.25, 0.3) is 0 Å². The number of nitrogens with one attached hydrogen (secondary N) is 1. The lowest BCUT2D eigenvalue weighted by Gasteiger charge is -2.29. The van der Waals surface area contributed by atoms with E-state index in [-0.39, 0.29) is 17.3 Å². The fraction of sp³-hybridized carbons (Fsp3) is 0.562. The van der Waals surface area contributed by atoms with Gasteiger partial charge in [0, 0.05) is 23.1 Å². The van der Waals surface area contributed by atoms with Crippen molar-refractivity contribution in [3.8, 4) is 11.8 Å². The predicted octanol–water partition coefficient (Wildman–Crippen LogP) is 3.13. The number of aliphatic hydroxyl groups is 1. The van der Waals surface area contributed by atoms with Gasteiger partial charge in [0.25, 0.3) is 5.91 Å². The van der Waals surface area contributed by atoms with E-state index in [4.69, 9.17) is 5.11 Å². The Morgan fingerprint density at radius 3 is 2.76 bits per heavy atom. The molecule has 1 amide bonds. The largest absolute Gasteiger partial charge is 0.395 e. The second-order valence-corrected chi connectivity index (χ2v) is 6.94. The van der Waals surface area contributed by atoms with Crippen molar-refractivity contribution in [1.29, 1.82) is 0 Å². The van der Waals surface area contributed by atoms with Gasteiger partial charge >= 0.3 is 0 Å². The lowest BCUT2D eigenvalue weighted by Crippen LogP contribution is -2.39. The van der Waals surface area contributed by atoms with Gasteiger partial charge in [-0.2, -0.15) is 11.8 Å². The molecule has 0 saturated heterocycles. The lowest BCUT2D eigenvalue weighted by molar-refractivity contribution is 0.0949. The summed E-state index contributed by atoms with van der Waals surface area (Å²) in [5.41, 5.74) is 0.663. The Morgan fingerprint density at radius 1 is 1.48 bits per heavy atom. The summed E-state index contributed by atoms with van der Waals surface area (Å²) in [6, 6.07) is 1.81. The van der Waals surface area contributed by atoms with Gasteiger partial charge < -0.3 is 10.4 Å². The number of thiophene rings is 1. The highest BCUT2D eigenvalue weighted by atomic mass is 32.2. The zero-order chi connectivity index (χ0) is 15.7. The van der Waals surface area contributed by atoms with Crippen molar-refractivity contribution in [1.82, 2.24) is 5.32 Å². The van der Waals surface area contributed by atoms with E-state index in [1.54, 1.807) is 0 Å². The van der Waals surface area contributed by atoms with E-state index in [9.17, 15) is 4.79 Å². The monoisotopic (exact) mass is 325 g/mol. The Labute approximate surface area is 135 Å². The smallest absolute Gasteiger partial charge is 0.252 e. The minimum atomic E-state index is -0.0400. The van der Waals surface area contributed by atoms with Gasteiger partial charge in [-0.15, -0.1) is 11.3 Å². The number of amides is 1. The molecule has 0 unspecified atom stereocenters. The number of rotatable bonds is 7. The third-order valence-corrected chi connectivity index (χ3v) is 6.04. The normalized spacial score (nSPS) is 10.9. The second-order valence-electron chi connectivity index (χ2n) is 4.75. The zero-order valence-corrected chi connectivity index (χ0v) is 14.5. The van der Waals surface area contributed by atoms with Crippen LogP contribution in [0.1, 0.15) is 48.3 Å². The maximum atomic E-state index is 12.2. The Bertz CT molecular complexity index is 502. The van der Waals surface area contributed by atoms with Crippen LogP contribution in [0.15, 0.2) is 11.4 Å². The van der Waals surface area contributed by atoms with Crippen molar-refractivity contribution in [3.63, 3.8) is 0 Å². The van der Waals surface area contributed by atoms with Gasteiger partial charge in [-0.3, -0.25) is 4.79 Å². The highest BCUT2D eigenvalue weighted by Crippen LogP contribution is 2.29. The summed E-state index contributed by atoms with van der Waals surface area (Å²) in [6.45, 7) is 5.06. The molecule has 116 valence electrons.